The van der Waals surface area contributed by atoms with Crippen molar-refractivity contribution in [3.8, 4) is 22.6 Å². The molecule has 8 nitrogen and oxygen atoms in total. The predicted molar refractivity (Wildman–Crippen MR) is 132 cm³/mol. The molecule has 4 heterocycles. The number of pyridine rings is 1. The smallest absolute Gasteiger partial charge is 0.231 e. The first kappa shape index (κ1) is 22.1. The Morgan fingerprint density at radius 3 is 2.68 bits per heavy atom. The molecule has 1 aliphatic heterocycles. The molecule has 8 heteroatoms. The molecule has 0 aliphatic carbocycles. The normalized spacial score (nSPS) is 14.1. The highest BCUT2D eigenvalue weighted by Crippen LogP contribution is 2.33. The Kier molecular flexibility index (Phi) is 5.81. The second-order valence-electron chi connectivity index (χ2n) is 9.81. The number of oxazole rings is 1. The van der Waals surface area contributed by atoms with E-state index in [1.54, 1.807) is 0 Å². The van der Waals surface area contributed by atoms with Crippen LogP contribution in [0.15, 0.2) is 53.3 Å². The van der Waals surface area contributed by atoms with E-state index < -0.39 is 0 Å². The Morgan fingerprint density at radius 1 is 1.12 bits per heavy atom. The number of hydrogen-bond acceptors (Lipinski definition) is 6. The fourth-order valence-corrected chi connectivity index (χ4v) is 4.20. The molecule has 0 saturated carbocycles. The highest BCUT2D eigenvalue weighted by Gasteiger charge is 2.20. The van der Waals surface area contributed by atoms with Crippen LogP contribution in [-0.2, 0) is 11.3 Å². The van der Waals surface area contributed by atoms with E-state index >= 15 is 0 Å². The first-order valence-electron chi connectivity index (χ1n) is 11.8. The van der Waals surface area contributed by atoms with Crippen LogP contribution in [0.4, 0.5) is 5.82 Å². The number of aryl methyl sites for hydroxylation is 1. The Balaban J connectivity index is 1.42. The number of likely N-dealkylation sites (tertiary alicyclic amines) is 1. The lowest BCUT2D eigenvalue weighted by atomic mass is 10.1. The summed E-state index contributed by atoms with van der Waals surface area (Å²) in [6, 6.07) is 9.75. The highest BCUT2D eigenvalue weighted by atomic mass is 16.3. The summed E-state index contributed by atoms with van der Waals surface area (Å²) in [5, 5.41) is 7.94. The molecular weight excluding hydrogens is 428 g/mol. The van der Waals surface area contributed by atoms with Crippen molar-refractivity contribution in [3.05, 3.63) is 48.9 Å². The molecule has 0 radical (unpaired) electrons. The minimum atomic E-state index is -0.179. The van der Waals surface area contributed by atoms with Crippen molar-refractivity contribution >= 4 is 22.8 Å². The SMILES string of the molecule is CC(C)(C)Nc1ncc(-c2cnn(CCC(=O)N3CCCC3)c2)cc1-c1nc2ccccc2o1. The van der Waals surface area contributed by atoms with E-state index in [1.807, 2.05) is 58.5 Å². The van der Waals surface area contributed by atoms with Crippen LogP contribution in [-0.4, -0.2) is 49.2 Å². The van der Waals surface area contributed by atoms with Crippen LogP contribution < -0.4 is 5.32 Å². The lowest BCUT2D eigenvalue weighted by Gasteiger charge is -2.22. The van der Waals surface area contributed by atoms with Gasteiger partial charge < -0.3 is 14.6 Å². The van der Waals surface area contributed by atoms with Crippen molar-refractivity contribution in [2.75, 3.05) is 18.4 Å². The average molecular weight is 459 g/mol. The second kappa shape index (κ2) is 8.93. The molecule has 0 spiro atoms. The van der Waals surface area contributed by atoms with Crippen LogP contribution >= 0.6 is 0 Å². The van der Waals surface area contributed by atoms with Gasteiger partial charge in [-0.2, -0.15) is 5.10 Å². The zero-order chi connectivity index (χ0) is 23.7. The lowest BCUT2D eigenvalue weighted by molar-refractivity contribution is -0.130. The fourth-order valence-electron chi connectivity index (χ4n) is 4.20. The molecule has 5 rings (SSSR count). The van der Waals surface area contributed by atoms with Gasteiger partial charge in [-0.05, 0) is 51.8 Å². The third kappa shape index (κ3) is 4.81. The summed E-state index contributed by atoms with van der Waals surface area (Å²) < 4.78 is 7.89. The summed E-state index contributed by atoms with van der Waals surface area (Å²) >= 11 is 0. The first-order chi connectivity index (χ1) is 16.4. The third-order valence-electron chi connectivity index (χ3n) is 5.89. The van der Waals surface area contributed by atoms with Gasteiger partial charge in [0.25, 0.3) is 0 Å². The van der Waals surface area contributed by atoms with E-state index in [0.29, 0.717) is 24.7 Å². The fraction of sp³-hybridized carbons (Fsp3) is 0.385. The molecule has 1 aliphatic rings. The molecule has 3 aromatic heterocycles. The van der Waals surface area contributed by atoms with Gasteiger partial charge in [-0.1, -0.05) is 12.1 Å². The summed E-state index contributed by atoms with van der Waals surface area (Å²) in [6.07, 6.45) is 8.27. The monoisotopic (exact) mass is 458 g/mol. The second-order valence-corrected chi connectivity index (χ2v) is 9.81. The van der Waals surface area contributed by atoms with Gasteiger partial charge in [-0.15, -0.1) is 0 Å². The van der Waals surface area contributed by atoms with E-state index in [9.17, 15) is 4.79 Å². The highest BCUT2D eigenvalue weighted by molar-refractivity contribution is 5.81. The third-order valence-corrected chi connectivity index (χ3v) is 5.89. The number of aromatic nitrogens is 4. The maximum atomic E-state index is 12.4. The van der Waals surface area contributed by atoms with Gasteiger partial charge in [-0.25, -0.2) is 9.97 Å². The van der Waals surface area contributed by atoms with Crippen LogP contribution in [0.5, 0.6) is 0 Å². The lowest BCUT2D eigenvalue weighted by Crippen LogP contribution is -2.28. The summed E-state index contributed by atoms with van der Waals surface area (Å²) in [4.78, 5) is 23.7. The van der Waals surface area contributed by atoms with Gasteiger partial charge in [0.15, 0.2) is 5.58 Å². The molecule has 1 N–H and O–H groups in total. The quantitative estimate of drug-likeness (QED) is 0.439. The van der Waals surface area contributed by atoms with Crippen molar-refractivity contribution in [2.45, 2.75) is 52.1 Å². The number of anilines is 1. The molecule has 4 aromatic rings. The van der Waals surface area contributed by atoms with E-state index in [-0.39, 0.29) is 11.4 Å². The number of nitrogens with zero attached hydrogens (tertiary/aromatic N) is 5. The van der Waals surface area contributed by atoms with Crippen molar-refractivity contribution in [2.24, 2.45) is 0 Å². The number of nitrogens with one attached hydrogen (secondary N) is 1. The Hall–Kier alpha value is -3.68. The molecule has 1 fully saturated rings. The average Bonchev–Trinajstić information content (AvgIpc) is 3.57. The first-order valence-corrected chi connectivity index (χ1v) is 11.8. The van der Waals surface area contributed by atoms with Crippen LogP contribution in [0.1, 0.15) is 40.0 Å². The number of fused-ring (bicyclic) bond motifs is 1. The number of rotatable bonds is 6. The largest absolute Gasteiger partial charge is 0.436 e. The number of benzene rings is 1. The van der Waals surface area contributed by atoms with Gasteiger partial charge in [0, 0.05) is 55.1 Å². The van der Waals surface area contributed by atoms with Crippen LogP contribution in [0, 0.1) is 0 Å². The summed E-state index contributed by atoms with van der Waals surface area (Å²) in [5.41, 5.74) is 4.00. The van der Waals surface area contributed by atoms with Crippen molar-refractivity contribution in [1.82, 2.24) is 24.6 Å². The summed E-state index contributed by atoms with van der Waals surface area (Å²) in [7, 11) is 0. The molecule has 176 valence electrons. The molecule has 0 unspecified atom stereocenters. The minimum Gasteiger partial charge on any atom is -0.436 e. The van der Waals surface area contributed by atoms with Gasteiger partial charge >= 0.3 is 0 Å². The zero-order valence-corrected chi connectivity index (χ0v) is 19.9. The summed E-state index contributed by atoms with van der Waals surface area (Å²) in [6.45, 7) is 8.58. The van der Waals surface area contributed by atoms with E-state index in [4.69, 9.17) is 14.4 Å². The molecule has 0 bridgehead atoms. The van der Waals surface area contributed by atoms with Gasteiger partial charge in [-0.3, -0.25) is 9.48 Å². The van der Waals surface area contributed by atoms with Gasteiger partial charge in [0.05, 0.1) is 11.8 Å². The predicted octanol–water partition coefficient (Wildman–Crippen LogP) is 4.98. The Bertz CT molecular complexity index is 1280. The molecule has 34 heavy (non-hydrogen) atoms. The molecule has 1 aromatic carbocycles. The Morgan fingerprint density at radius 2 is 1.91 bits per heavy atom. The van der Waals surface area contributed by atoms with Crippen LogP contribution in [0.3, 0.4) is 0 Å². The van der Waals surface area contributed by atoms with E-state index in [2.05, 4.69) is 31.2 Å². The standard InChI is InChI=1S/C26H30N6O2/c1-26(2,3)30-24-20(25-29-21-8-4-5-9-22(21)34-25)14-18(15-27-24)19-16-28-32(17-19)13-10-23(33)31-11-6-7-12-31/h4-5,8-9,14-17H,6-7,10-13H2,1-3H3,(H,27,30). The summed E-state index contributed by atoms with van der Waals surface area (Å²) in [5.74, 6) is 1.43. The van der Waals surface area contributed by atoms with Gasteiger partial charge in [0.1, 0.15) is 11.3 Å². The van der Waals surface area contributed by atoms with Crippen LogP contribution in [0.25, 0.3) is 33.7 Å². The number of amides is 1. The number of hydrogen-bond donors (Lipinski definition) is 1. The van der Waals surface area contributed by atoms with Crippen molar-refractivity contribution in [3.63, 3.8) is 0 Å². The minimum absolute atomic E-state index is 0.179. The molecular formula is C26H30N6O2. The van der Waals surface area contributed by atoms with Crippen molar-refractivity contribution in [1.29, 1.82) is 0 Å². The number of carbonyl (C=O) groups excluding carboxylic acids is 1. The number of para-hydroxylation sites is 2. The molecule has 0 atom stereocenters. The maximum absolute atomic E-state index is 12.4. The van der Waals surface area contributed by atoms with Gasteiger partial charge in [0.2, 0.25) is 11.8 Å². The number of carbonyl (C=O) groups is 1. The van der Waals surface area contributed by atoms with E-state index in [1.165, 1.54) is 0 Å². The van der Waals surface area contributed by atoms with Crippen LogP contribution in [0.2, 0.25) is 0 Å². The molecule has 1 saturated heterocycles. The van der Waals surface area contributed by atoms with Crippen molar-refractivity contribution < 1.29 is 9.21 Å². The Labute approximate surface area is 199 Å². The molecule has 1 amide bonds. The van der Waals surface area contributed by atoms with E-state index in [0.717, 1.165) is 53.7 Å². The maximum Gasteiger partial charge on any atom is 0.231 e. The topological polar surface area (TPSA) is 89.1 Å². The zero-order valence-electron chi connectivity index (χ0n) is 19.9.